The van der Waals surface area contributed by atoms with Gasteiger partial charge in [-0.2, -0.15) is 0 Å². The summed E-state index contributed by atoms with van der Waals surface area (Å²) in [7, 11) is 0. The minimum absolute atomic E-state index is 0.0513. The van der Waals surface area contributed by atoms with Gasteiger partial charge in [0.15, 0.2) is 0 Å². The number of rotatable bonds is 6. The van der Waals surface area contributed by atoms with Crippen molar-refractivity contribution >= 4 is 5.91 Å². The maximum atomic E-state index is 12.4. The molecule has 21 heavy (non-hydrogen) atoms. The topological polar surface area (TPSA) is 60.8 Å². The van der Waals surface area contributed by atoms with Gasteiger partial charge in [0, 0.05) is 24.1 Å². The molecule has 4 nitrogen and oxygen atoms in total. The molecule has 1 amide bonds. The number of hydrogen-bond donors (Lipinski definition) is 2. The van der Waals surface area contributed by atoms with E-state index < -0.39 is 18.9 Å². The fraction of sp³-hybridized carbons (Fsp3) is 0.400. The first-order chi connectivity index (χ1) is 10.1. The molecule has 0 aliphatic rings. The number of alkyl halides is 2. The van der Waals surface area contributed by atoms with Gasteiger partial charge in [-0.05, 0) is 18.2 Å². The second-order valence-corrected chi connectivity index (χ2v) is 4.22. The average Bonchev–Trinajstić information content (AvgIpc) is 2.46. The molecule has 1 aromatic carbocycles. The Morgan fingerprint density at radius 3 is 2.67 bits per heavy atom. The second kappa shape index (κ2) is 9.06. The zero-order valence-corrected chi connectivity index (χ0v) is 11.4. The van der Waals surface area contributed by atoms with Crippen LogP contribution < -0.4 is 0 Å². The summed E-state index contributed by atoms with van der Waals surface area (Å²) < 4.78 is 24.9. The van der Waals surface area contributed by atoms with Crippen molar-refractivity contribution < 1.29 is 23.8 Å². The van der Waals surface area contributed by atoms with Gasteiger partial charge in [-0.15, -0.1) is 0 Å². The van der Waals surface area contributed by atoms with E-state index in [4.69, 9.17) is 10.2 Å². The smallest absolute Gasteiger partial charge is 0.255 e. The molecule has 0 fully saturated rings. The summed E-state index contributed by atoms with van der Waals surface area (Å²) in [5.74, 6) is 4.92. The molecule has 0 aliphatic heterocycles. The maximum absolute atomic E-state index is 12.4. The molecule has 0 aliphatic carbocycles. The van der Waals surface area contributed by atoms with E-state index in [9.17, 15) is 13.6 Å². The molecule has 0 bridgehead atoms. The molecular weight excluding hydrogens is 280 g/mol. The lowest BCUT2D eigenvalue weighted by Crippen LogP contribution is -2.37. The number of hydrogen-bond acceptors (Lipinski definition) is 3. The third kappa shape index (κ3) is 5.90. The van der Waals surface area contributed by atoms with Crippen molar-refractivity contribution in [3.8, 4) is 11.8 Å². The molecule has 0 radical (unpaired) electrons. The van der Waals surface area contributed by atoms with Crippen LogP contribution in [0.25, 0.3) is 0 Å². The Balaban J connectivity index is 2.90. The largest absolute Gasteiger partial charge is 0.395 e. The normalized spacial score (nSPS) is 10.1. The van der Waals surface area contributed by atoms with Crippen molar-refractivity contribution in [2.75, 3.05) is 26.3 Å². The molecule has 114 valence electrons. The molecule has 6 heteroatoms. The van der Waals surface area contributed by atoms with Gasteiger partial charge in [0.05, 0.1) is 19.8 Å². The number of aliphatic hydroxyl groups excluding tert-OH is 2. The molecule has 2 N–H and O–H groups in total. The lowest BCUT2D eigenvalue weighted by molar-refractivity contribution is 0.0509. The highest BCUT2D eigenvalue weighted by Gasteiger charge is 2.19. The van der Waals surface area contributed by atoms with Crippen molar-refractivity contribution in [2.24, 2.45) is 0 Å². The second-order valence-electron chi connectivity index (χ2n) is 4.22. The minimum atomic E-state index is -2.66. The van der Waals surface area contributed by atoms with Crippen LogP contribution in [-0.2, 0) is 0 Å². The van der Waals surface area contributed by atoms with Crippen LogP contribution in [0.15, 0.2) is 24.3 Å². The molecule has 0 aromatic heterocycles. The number of carbonyl (C=O) groups is 1. The first-order valence-corrected chi connectivity index (χ1v) is 6.46. The van der Waals surface area contributed by atoms with Gasteiger partial charge < -0.3 is 15.1 Å². The van der Waals surface area contributed by atoms with E-state index in [2.05, 4.69) is 11.8 Å². The van der Waals surface area contributed by atoms with Gasteiger partial charge >= 0.3 is 0 Å². The Morgan fingerprint density at radius 2 is 2.05 bits per heavy atom. The quantitative estimate of drug-likeness (QED) is 0.774. The van der Waals surface area contributed by atoms with Gasteiger partial charge in [-0.1, -0.05) is 17.9 Å². The van der Waals surface area contributed by atoms with E-state index in [0.29, 0.717) is 12.0 Å². The predicted octanol–water partition coefficient (Wildman–Crippen LogP) is 1.12. The monoisotopic (exact) mass is 297 g/mol. The Labute approximate surface area is 122 Å². The summed E-state index contributed by atoms with van der Waals surface area (Å²) in [5.41, 5.74) is 0.801. The maximum Gasteiger partial charge on any atom is 0.255 e. The molecule has 0 saturated heterocycles. The lowest BCUT2D eigenvalue weighted by atomic mass is 10.1. The van der Waals surface area contributed by atoms with Gasteiger partial charge in [-0.25, -0.2) is 8.78 Å². The fourth-order valence-electron chi connectivity index (χ4n) is 1.70. The molecule has 1 rings (SSSR count). The van der Waals surface area contributed by atoms with E-state index in [1.807, 2.05) is 0 Å². The van der Waals surface area contributed by atoms with E-state index in [-0.39, 0.29) is 25.3 Å². The zero-order valence-electron chi connectivity index (χ0n) is 11.4. The van der Waals surface area contributed by atoms with Crippen molar-refractivity contribution in [1.82, 2.24) is 4.90 Å². The molecule has 0 heterocycles. The number of aliphatic hydroxyl groups is 2. The summed E-state index contributed by atoms with van der Waals surface area (Å²) in [6.07, 6.45) is -2.34. The van der Waals surface area contributed by atoms with Crippen molar-refractivity contribution in [2.45, 2.75) is 12.8 Å². The lowest BCUT2D eigenvalue weighted by Gasteiger charge is -2.21. The van der Waals surface area contributed by atoms with Gasteiger partial charge in [0.25, 0.3) is 12.3 Å². The highest BCUT2D eigenvalue weighted by Crippen LogP contribution is 2.10. The van der Waals surface area contributed by atoms with Gasteiger partial charge in [-0.3, -0.25) is 4.79 Å². The molecule has 0 spiro atoms. The van der Waals surface area contributed by atoms with Crippen LogP contribution in [0, 0.1) is 11.8 Å². The zero-order chi connectivity index (χ0) is 15.7. The van der Waals surface area contributed by atoms with E-state index in [1.165, 1.54) is 12.1 Å². The van der Waals surface area contributed by atoms with E-state index in [1.54, 1.807) is 12.1 Å². The predicted molar refractivity (Wildman–Crippen MR) is 74.0 cm³/mol. The van der Waals surface area contributed by atoms with Crippen LogP contribution in [0.4, 0.5) is 8.78 Å². The Bertz CT molecular complexity index is 523. The number of benzene rings is 1. The van der Waals surface area contributed by atoms with Crippen molar-refractivity contribution in [3.05, 3.63) is 35.4 Å². The van der Waals surface area contributed by atoms with Gasteiger partial charge in [0.1, 0.15) is 0 Å². The summed E-state index contributed by atoms with van der Waals surface area (Å²) >= 11 is 0. The molecular formula is C15H17F2NO3. The van der Waals surface area contributed by atoms with Crippen LogP contribution in [-0.4, -0.2) is 53.7 Å². The third-order valence-corrected chi connectivity index (χ3v) is 2.59. The molecule has 1 aromatic rings. The molecule has 0 unspecified atom stereocenters. The number of carbonyl (C=O) groups excluding carboxylic acids is 1. The van der Waals surface area contributed by atoms with Crippen molar-refractivity contribution in [3.63, 3.8) is 0 Å². The summed E-state index contributed by atoms with van der Waals surface area (Å²) in [4.78, 5) is 13.1. The first kappa shape index (κ1) is 17.1. The van der Waals surface area contributed by atoms with Crippen LogP contribution in [0.2, 0.25) is 0 Å². The highest BCUT2D eigenvalue weighted by atomic mass is 19.3. The number of nitrogens with zero attached hydrogens (tertiary/aromatic N) is 1. The van der Waals surface area contributed by atoms with Crippen molar-refractivity contribution in [1.29, 1.82) is 0 Å². The summed E-state index contributed by atoms with van der Waals surface area (Å²) in [6.45, 7) is -1.30. The molecule has 0 saturated carbocycles. The van der Waals surface area contributed by atoms with E-state index >= 15 is 0 Å². The number of amides is 1. The fourth-order valence-corrected chi connectivity index (χ4v) is 1.70. The van der Waals surface area contributed by atoms with Crippen LogP contribution in [0.1, 0.15) is 22.3 Å². The standard InChI is InChI=1S/C15H17F2NO3/c16-14(17)11-18(7-9-20)15(21)13-6-3-5-12(10-13)4-1-2-8-19/h3,5-6,10,14,19-20H,2,7-9,11H2. The highest BCUT2D eigenvalue weighted by molar-refractivity contribution is 5.94. The SMILES string of the molecule is O=C(c1cccc(C#CCCO)c1)N(CCO)CC(F)F. The Hall–Kier alpha value is -1.97. The summed E-state index contributed by atoms with van der Waals surface area (Å²) in [6, 6.07) is 6.30. The third-order valence-electron chi connectivity index (χ3n) is 2.59. The van der Waals surface area contributed by atoms with Crippen LogP contribution in [0.5, 0.6) is 0 Å². The Kier molecular flexibility index (Phi) is 7.37. The molecule has 0 atom stereocenters. The average molecular weight is 297 g/mol. The van der Waals surface area contributed by atoms with Gasteiger partial charge in [0.2, 0.25) is 0 Å². The van der Waals surface area contributed by atoms with Crippen LogP contribution in [0.3, 0.4) is 0 Å². The minimum Gasteiger partial charge on any atom is -0.395 e. The Morgan fingerprint density at radius 1 is 1.29 bits per heavy atom. The van der Waals surface area contributed by atoms with E-state index in [0.717, 1.165) is 4.90 Å². The summed E-state index contributed by atoms with van der Waals surface area (Å²) in [5, 5.41) is 17.5. The first-order valence-electron chi connectivity index (χ1n) is 6.46. The van der Waals surface area contributed by atoms with Crippen LogP contribution >= 0.6 is 0 Å². The number of halogens is 2.